The third-order valence-corrected chi connectivity index (χ3v) is 6.81. The average Bonchev–Trinajstić information content (AvgIpc) is 3.07. The Morgan fingerprint density at radius 1 is 0.633 bits per heavy atom. The van der Waals surface area contributed by atoms with Crippen LogP contribution in [0.15, 0.2) is 66.9 Å². The normalized spacial score (nSPS) is 12.5. The number of aryl methyl sites for hydroxylation is 3. The van der Waals surface area contributed by atoms with E-state index >= 15 is 0 Å². The Hall–Kier alpha value is -3.65. The van der Waals surface area contributed by atoms with Gasteiger partial charge in [-0.15, -0.1) is 0 Å². The molecule has 3 aromatic heterocycles. The fourth-order valence-corrected chi connectivity index (χ4v) is 5.45. The van der Waals surface area contributed by atoms with E-state index in [-0.39, 0.29) is 0 Å². The summed E-state index contributed by atoms with van der Waals surface area (Å²) in [4.78, 5) is 4.90. The predicted molar refractivity (Wildman–Crippen MR) is 128 cm³/mol. The summed E-state index contributed by atoms with van der Waals surface area (Å²) in [6.07, 6.45) is 1.95. The number of aromatic nitrogens is 2. The van der Waals surface area contributed by atoms with E-state index in [1.54, 1.807) is 0 Å². The summed E-state index contributed by atoms with van der Waals surface area (Å²) in [5, 5.41) is 8.96. The van der Waals surface area contributed by atoms with Gasteiger partial charge in [-0.2, -0.15) is 0 Å². The number of hydrogen-bond acceptors (Lipinski definition) is 1. The lowest BCUT2D eigenvalue weighted by Crippen LogP contribution is -1.97. The summed E-state index contributed by atoms with van der Waals surface area (Å²) in [5.41, 5.74) is 8.84. The van der Waals surface area contributed by atoms with Crippen LogP contribution >= 0.6 is 0 Å². The number of nitrogens with zero attached hydrogens (tertiary/aromatic N) is 2. The van der Waals surface area contributed by atoms with E-state index in [9.17, 15) is 0 Å². The summed E-state index contributed by atoms with van der Waals surface area (Å²) < 4.78 is 2.50. The number of hydrogen-bond donors (Lipinski definition) is 0. The fourth-order valence-electron chi connectivity index (χ4n) is 5.45. The Morgan fingerprint density at radius 3 is 2.30 bits per heavy atom. The lowest BCUT2D eigenvalue weighted by Gasteiger charge is -2.16. The van der Waals surface area contributed by atoms with Crippen LogP contribution in [-0.2, 0) is 0 Å². The maximum absolute atomic E-state index is 4.90. The molecule has 4 aromatic carbocycles. The van der Waals surface area contributed by atoms with Gasteiger partial charge in [0.1, 0.15) is 0 Å². The van der Waals surface area contributed by atoms with Gasteiger partial charge in [-0.3, -0.25) is 4.98 Å². The molecule has 3 heterocycles. The van der Waals surface area contributed by atoms with Crippen molar-refractivity contribution in [3.8, 4) is 0 Å². The Labute approximate surface area is 173 Å². The maximum Gasteiger partial charge on any atom is 0.0823 e. The lowest BCUT2D eigenvalue weighted by atomic mass is 9.96. The minimum absolute atomic E-state index is 1.10. The summed E-state index contributed by atoms with van der Waals surface area (Å²) in [6, 6.07) is 22.6. The van der Waals surface area contributed by atoms with E-state index in [1.807, 2.05) is 6.20 Å². The van der Waals surface area contributed by atoms with Crippen molar-refractivity contribution >= 4 is 59.8 Å². The van der Waals surface area contributed by atoms with E-state index in [0.717, 1.165) is 5.52 Å². The number of pyridine rings is 2. The number of benzene rings is 4. The van der Waals surface area contributed by atoms with Gasteiger partial charge in [0.15, 0.2) is 0 Å². The quantitative estimate of drug-likeness (QED) is 0.196. The van der Waals surface area contributed by atoms with Crippen LogP contribution in [0.25, 0.3) is 59.8 Å². The molecular weight excluding hydrogens is 364 g/mol. The largest absolute Gasteiger partial charge is 0.308 e. The second-order valence-corrected chi connectivity index (χ2v) is 8.70. The van der Waals surface area contributed by atoms with Crippen LogP contribution in [0, 0.1) is 20.8 Å². The van der Waals surface area contributed by atoms with Gasteiger partial charge in [0, 0.05) is 27.7 Å². The molecule has 7 aromatic rings. The van der Waals surface area contributed by atoms with Gasteiger partial charge in [-0.25, -0.2) is 0 Å². The van der Waals surface area contributed by atoms with E-state index in [0.29, 0.717) is 0 Å². The molecule has 0 aliphatic heterocycles. The highest BCUT2D eigenvalue weighted by molar-refractivity contribution is 6.28. The first-order valence-electron chi connectivity index (χ1n) is 10.5. The van der Waals surface area contributed by atoms with Gasteiger partial charge in [-0.1, -0.05) is 48.0 Å². The highest BCUT2D eigenvalue weighted by Gasteiger charge is 2.20. The smallest absolute Gasteiger partial charge is 0.0823 e. The van der Waals surface area contributed by atoms with Gasteiger partial charge < -0.3 is 4.40 Å². The second-order valence-electron chi connectivity index (χ2n) is 8.70. The highest BCUT2D eigenvalue weighted by Crippen LogP contribution is 2.42. The third-order valence-electron chi connectivity index (χ3n) is 6.81. The highest BCUT2D eigenvalue weighted by atomic mass is 14.9. The van der Waals surface area contributed by atoms with Crippen molar-refractivity contribution < 1.29 is 0 Å². The van der Waals surface area contributed by atoms with Crippen molar-refractivity contribution in [3.05, 3.63) is 83.6 Å². The van der Waals surface area contributed by atoms with E-state index in [4.69, 9.17) is 4.98 Å². The van der Waals surface area contributed by atoms with Crippen LogP contribution in [0.5, 0.6) is 0 Å². The second kappa shape index (κ2) is 5.28. The molecule has 0 N–H and O–H groups in total. The predicted octanol–water partition coefficient (Wildman–Crippen LogP) is 7.46. The van der Waals surface area contributed by atoms with Crippen LogP contribution in [0.2, 0.25) is 0 Å². The van der Waals surface area contributed by atoms with Crippen molar-refractivity contribution in [2.24, 2.45) is 0 Å². The van der Waals surface area contributed by atoms with Crippen molar-refractivity contribution in [2.75, 3.05) is 0 Å². The Morgan fingerprint density at radius 2 is 1.40 bits per heavy atom. The molecule has 0 fully saturated rings. The van der Waals surface area contributed by atoms with E-state index < -0.39 is 0 Å². The first-order valence-corrected chi connectivity index (χ1v) is 10.5. The molecule has 0 amide bonds. The first kappa shape index (κ1) is 16.2. The molecule has 2 nitrogen and oxygen atoms in total. The molecule has 0 atom stereocenters. The summed E-state index contributed by atoms with van der Waals surface area (Å²) in [6.45, 7) is 6.61. The summed E-state index contributed by atoms with van der Waals surface area (Å²) in [5.74, 6) is 0. The summed E-state index contributed by atoms with van der Waals surface area (Å²) in [7, 11) is 0. The molecule has 7 rings (SSSR count). The zero-order valence-electron chi connectivity index (χ0n) is 17.2. The van der Waals surface area contributed by atoms with Crippen LogP contribution in [0.4, 0.5) is 0 Å². The van der Waals surface area contributed by atoms with Gasteiger partial charge >= 0.3 is 0 Å². The molecule has 142 valence electrons. The van der Waals surface area contributed by atoms with Crippen LogP contribution in [0.3, 0.4) is 0 Å². The summed E-state index contributed by atoms with van der Waals surface area (Å²) >= 11 is 0. The topological polar surface area (TPSA) is 17.3 Å². The maximum atomic E-state index is 4.90. The van der Waals surface area contributed by atoms with Crippen LogP contribution in [-0.4, -0.2) is 9.38 Å². The van der Waals surface area contributed by atoms with Crippen molar-refractivity contribution in [1.29, 1.82) is 0 Å². The standard InChI is InChI=1S/C28H20N2/c1-15-4-6-19-14-23-26-25-18(10-11-29-26)7-9-21-20-8-5-16(2)13-24(20)30(28(21)25)27(23)17(3)22(19)12-15/h4-14H,1-3H3. The molecule has 0 bridgehead atoms. The molecule has 0 aliphatic carbocycles. The minimum Gasteiger partial charge on any atom is -0.308 e. The number of fused-ring (bicyclic) bond motifs is 7. The zero-order valence-corrected chi connectivity index (χ0v) is 17.2. The fraction of sp³-hybridized carbons (Fsp3) is 0.107. The molecule has 0 aliphatic rings. The molecule has 2 heteroatoms. The molecular formula is C28H20N2. The minimum atomic E-state index is 1.10. The third kappa shape index (κ3) is 1.82. The van der Waals surface area contributed by atoms with Gasteiger partial charge in [0.05, 0.1) is 22.1 Å². The van der Waals surface area contributed by atoms with Crippen molar-refractivity contribution in [3.63, 3.8) is 0 Å². The molecule has 0 radical (unpaired) electrons. The zero-order chi connectivity index (χ0) is 20.1. The van der Waals surface area contributed by atoms with Gasteiger partial charge in [0.25, 0.3) is 0 Å². The Bertz CT molecular complexity index is 1820. The monoisotopic (exact) mass is 384 g/mol. The first-order chi connectivity index (χ1) is 14.6. The Balaban J connectivity index is 1.94. The lowest BCUT2D eigenvalue weighted by molar-refractivity contribution is 1.31. The molecule has 30 heavy (non-hydrogen) atoms. The molecule has 0 saturated carbocycles. The molecule has 0 saturated heterocycles. The van der Waals surface area contributed by atoms with Crippen molar-refractivity contribution in [1.82, 2.24) is 9.38 Å². The van der Waals surface area contributed by atoms with E-state index in [2.05, 4.69) is 85.8 Å². The Kier molecular flexibility index (Phi) is 2.85. The van der Waals surface area contributed by atoms with Crippen LogP contribution in [0.1, 0.15) is 16.7 Å². The van der Waals surface area contributed by atoms with Gasteiger partial charge in [-0.05, 0) is 66.3 Å². The molecule has 0 spiro atoms. The average molecular weight is 384 g/mol. The number of rotatable bonds is 0. The van der Waals surface area contributed by atoms with Gasteiger partial charge in [0.2, 0.25) is 0 Å². The van der Waals surface area contributed by atoms with Crippen LogP contribution < -0.4 is 0 Å². The SMILES string of the molecule is Cc1ccc2cc3c4nccc5ccc6c7ccc(C)cc7n(c3c(C)c2c1)c6c54. The van der Waals surface area contributed by atoms with E-state index in [1.165, 1.54) is 70.9 Å². The molecule has 0 unspecified atom stereocenters. The van der Waals surface area contributed by atoms with Crippen molar-refractivity contribution in [2.45, 2.75) is 20.8 Å².